The zero-order valence-electron chi connectivity index (χ0n) is 8.58. The van der Waals surface area contributed by atoms with Crippen LogP contribution in [0, 0.1) is 6.92 Å². The Bertz CT molecular complexity index is 368. The Balaban J connectivity index is 2.76. The summed E-state index contributed by atoms with van der Waals surface area (Å²) in [5, 5.41) is 0. The summed E-state index contributed by atoms with van der Waals surface area (Å²) in [6, 6.07) is 5.63. The zero-order valence-corrected chi connectivity index (χ0v) is 10.2. The second-order valence-corrected chi connectivity index (χ2v) is 4.06. The van der Waals surface area contributed by atoms with Crippen LogP contribution in [0.25, 0.3) is 0 Å². The number of amides is 1. The van der Waals surface area contributed by atoms with Crippen LogP contribution in [0.1, 0.15) is 12.5 Å². The summed E-state index contributed by atoms with van der Waals surface area (Å²) in [6.45, 7) is 3.61. The molecule has 0 aliphatic rings. The van der Waals surface area contributed by atoms with Crippen LogP contribution in [0.4, 0.5) is 0 Å². The molecule has 0 spiro atoms. The predicted molar refractivity (Wildman–Crippen MR) is 61.3 cm³/mol. The number of halogens is 1. The molecule has 15 heavy (non-hydrogen) atoms. The van der Waals surface area contributed by atoms with Gasteiger partial charge >= 0.3 is 0 Å². The Hall–Kier alpha value is -1.07. The molecule has 0 aliphatic carbocycles. The van der Waals surface area contributed by atoms with Gasteiger partial charge in [-0.1, -0.05) is 6.07 Å². The molecule has 1 aromatic carbocycles. The fourth-order valence-electron chi connectivity index (χ4n) is 1.06. The highest BCUT2D eigenvalue weighted by Gasteiger charge is 2.14. The summed E-state index contributed by atoms with van der Waals surface area (Å²) >= 11 is 3.36. The van der Waals surface area contributed by atoms with Crippen molar-refractivity contribution in [1.82, 2.24) is 5.43 Å². The Kier molecular flexibility index (Phi) is 4.11. The Morgan fingerprint density at radius 3 is 2.80 bits per heavy atom. The van der Waals surface area contributed by atoms with Gasteiger partial charge in [-0.05, 0) is 47.5 Å². The van der Waals surface area contributed by atoms with Gasteiger partial charge < -0.3 is 4.74 Å². The molecule has 5 heteroatoms. The average Bonchev–Trinajstić information content (AvgIpc) is 2.20. The lowest BCUT2D eigenvalue weighted by Gasteiger charge is -2.14. The van der Waals surface area contributed by atoms with Crippen LogP contribution in [0.3, 0.4) is 0 Å². The number of hydrogen-bond acceptors (Lipinski definition) is 3. The minimum absolute atomic E-state index is 0.359. The molecule has 0 saturated carbocycles. The third kappa shape index (κ3) is 3.21. The molecule has 82 valence electrons. The van der Waals surface area contributed by atoms with Crippen LogP contribution in [0.5, 0.6) is 5.75 Å². The number of hydrogen-bond donors (Lipinski definition) is 2. The molecule has 0 aromatic heterocycles. The predicted octanol–water partition coefficient (Wildman–Crippen LogP) is 1.51. The van der Waals surface area contributed by atoms with Gasteiger partial charge in [0.2, 0.25) is 0 Å². The third-order valence-corrected chi connectivity index (χ3v) is 2.52. The number of ether oxygens (including phenoxy) is 1. The summed E-state index contributed by atoms with van der Waals surface area (Å²) in [5.41, 5.74) is 3.15. The molecule has 1 amide bonds. The van der Waals surface area contributed by atoms with Crippen LogP contribution in [0.15, 0.2) is 22.7 Å². The first-order chi connectivity index (χ1) is 7.04. The van der Waals surface area contributed by atoms with Gasteiger partial charge in [-0.15, -0.1) is 0 Å². The molecule has 0 aliphatic heterocycles. The standard InChI is InChI=1S/C10H13BrN2O2/c1-6-3-4-9(8(11)5-6)15-7(2)10(14)13-12/h3-5,7H,12H2,1-2H3,(H,13,14). The first-order valence-electron chi connectivity index (χ1n) is 4.48. The molecule has 0 heterocycles. The fourth-order valence-corrected chi connectivity index (χ4v) is 1.65. The van der Waals surface area contributed by atoms with Gasteiger partial charge in [-0.3, -0.25) is 10.2 Å². The minimum atomic E-state index is -0.617. The normalized spacial score (nSPS) is 12.0. The SMILES string of the molecule is Cc1ccc(OC(C)C(=O)NN)c(Br)c1. The zero-order chi connectivity index (χ0) is 11.4. The van der Waals surface area contributed by atoms with Crippen molar-refractivity contribution in [2.24, 2.45) is 5.84 Å². The van der Waals surface area contributed by atoms with Crippen LogP contribution in [0.2, 0.25) is 0 Å². The number of benzene rings is 1. The number of carbonyl (C=O) groups is 1. The Morgan fingerprint density at radius 1 is 1.60 bits per heavy atom. The van der Waals surface area contributed by atoms with Crippen LogP contribution < -0.4 is 16.0 Å². The maximum absolute atomic E-state index is 11.1. The number of carbonyl (C=O) groups excluding carboxylic acids is 1. The van der Waals surface area contributed by atoms with E-state index in [1.807, 2.05) is 24.5 Å². The molecule has 3 N–H and O–H groups in total. The van der Waals surface area contributed by atoms with Crippen molar-refractivity contribution in [3.63, 3.8) is 0 Å². The van der Waals surface area contributed by atoms with E-state index in [-0.39, 0.29) is 5.91 Å². The maximum Gasteiger partial charge on any atom is 0.274 e. The van der Waals surface area contributed by atoms with Crippen LogP contribution >= 0.6 is 15.9 Å². The molecular formula is C10H13BrN2O2. The van der Waals surface area contributed by atoms with Crippen molar-refractivity contribution in [2.45, 2.75) is 20.0 Å². The van der Waals surface area contributed by atoms with E-state index in [0.717, 1.165) is 10.0 Å². The summed E-state index contributed by atoms with van der Waals surface area (Å²) in [6.07, 6.45) is -0.617. The number of nitrogens with one attached hydrogen (secondary N) is 1. The smallest absolute Gasteiger partial charge is 0.274 e. The molecule has 1 aromatic rings. The van der Waals surface area contributed by atoms with Crippen LogP contribution in [-0.2, 0) is 4.79 Å². The van der Waals surface area contributed by atoms with Gasteiger partial charge in [-0.2, -0.15) is 0 Å². The topological polar surface area (TPSA) is 64.3 Å². The highest BCUT2D eigenvalue weighted by atomic mass is 79.9. The van der Waals surface area contributed by atoms with Crippen molar-refractivity contribution in [3.05, 3.63) is 28.2 Å². The lowest BCUT2D eigenvalue weighted by molar-refractivity contribution is -0.127. The first kappa shape index (κ1) is 12.0. The van der Waals surface area contributed by atoms with Gasteiger partial charge in [-0.25, -0.2) is 5.84 Å². The maximum atomic E-state index is 11.1. The van der Waals surface area contributed by atoms with E-state index in [1.165, 1.54) is 0 Å². The van der Waals surface area contributed by atoms with Crippen molar-refractivity contribution in [2.75, 3.05) is 0 Å². The molecule has 4 nitrogen and oxygen atoms in total. The number of hydrazine groups is 1. The molecule has 0 fully saturated rings. The Morgan fingerprint density at radius 2 is 2.27 bits per heavy atom. The van der Waals surface area contributed by atoms with Crippen molar-refractivity contribution in [3.8, 4) is 5.75 Å². The van der Waals surface area contributed by atoms with Crippen LogP contribution in [-0.4, -0.2) is 12.0 Å². The molecule has 0 bridgehead atoms. The van der Waals surface area contributed by atoms with E-state index in [0.29, 0.717) is 5.75 Å². The number of aryl methyl sites for hydroxylation is 1. The van der Waals surface area contributed by atoms with Crippen molar-refractivity contribution < 1.29 is 9.53 Å². The highest BCUT2D eigenvalue weighted by molar-refractivity contribution is 9.10. The molecule has 1 unspecified atom stereocenters. The second kappa shape index (κ2) is 5.14. The second-order valence-electron chi connectivity index (χ2n) is 3.20. The summed E-state index contributed by atoms with van der Waals surface area (Å²) < 4.78 is 6.23. The largest absolute Gasteiger partial charge is 0.480 e. The summed E-state index contributed by atoms with van der Waals surface area (Å²) in [4.78, 5) is 11.1. The molecular weight excluding hydrogens is 260 g/mol. The monoisotopic (exact) mass is 272 g/mol. The molecule has 0 saturated heterocycles. The van der Waals surface area contributed by atoms with Gasteiger partial charge in [0.25, 0.3) is 5.91 Å². The quantitative estimate of drug-likeness (QED) is 0.498. The Labute approximate surface area is 96.9 Å². The molecule has 1 atom stereocenters. The van der Waals surface area contributed by atoms with Gasteiger partial charge in [0, 0.05) is 0 Å². The minimum Gasteiger partial charge on any atom is -0.480 e. The lowest BCUT2D eigenvalue weighted by atomic mass is 10.2. The van der Waals surface area contributed by atoms with Gasteiger partial charge in [0.1, 0.15) is 5.75 Å². The van der Waals surface area contributed by atoms with E-state index in [2.05, 4.69) is 15.9 Å². The van der Waals surface area contributed by atoms with E-state index in [4.69, 9.17) is 10.6 Å². The first-order valence-corrected chi connectivity index (χ1v) is 5.27. The highest BCUT2D eigenvalue weighted by Crippen LogP contribution is 2.26. The number of nitrogens with two attached hydrogens (primary N) is 1. The van der Waals surface area contributed by atoms with E-state index < -0.39 is 6.10 Å². The summed E-state index contributed by atoms with van der Waals surface area (Å²) in [7, 11) is 0. The van der Waals surface area contributed by atoms with Gasteiger partial charge in [0.15, 0.2) is 6.10 Å². The summed E-state index contributed by atoms with van der Waals surface area (Å²) in [5.74, 6) is 5.26. The molecule has 1 rings (SSSR count). The van der Waals surface area contributed by atoms with Crippen molar-refractivity contribution >= 4 is 21.8 Å². The average molecular weight is 273 g/mol. The third-order valence-electron chi connectivity index (χ3n) is 1.90. The molecule has 0 radical (unpaired) electrons. The van der Waals surface area contributed by atoms with E-state index in [9.17, 15) is 4.79 Å². The fraction of sp³-hybridized carbons (Fsp3) is 0.300. The van der Waals surface area contributed by atoms with E-state index >= 15 is 0 Å². The number of rotatable bonds is 3. The lowest BCUT2D eigenvalue weighted by Crippen LogP contribution is -2.40. The van der Waals surface area contributed by atoms with Crippen molar-refractivity contribution in [1.29, 1.82) is 0 Å². The van der Waals surface area contributed by atoms with Gasteiger partial charge in [0.05, 0.1) is 4.47 Å². The van der Waals surface area contributed by atoms with E-state index in [1.54, 1.807) is 13.0 Å².